The zero-order valence-corrected chi connectivity index (χ0v) is 11.8. The van der Waals surface area contributed by atoms with Gasteiger partial charge in [-0.2, -0.15) is 0 Å². The number of thiophene rings is 1. The Morgan fingerprint density at radius 2 is 2.00 bits per heavy atom. The Hall–Kier alpha value is -2.53. The summed E-state index contributed by atoms with van der Waals surface area (Å²) in [5.41, 5.74) is 0.278. The second-order valence-corrected chi connectivity index (χ2v) is 5.72. The van der Waals surface area contributed by atoms with E-state index < -0.39 is 5.97 Å². The van der Waals surface area contributed by atoms with Crippen molar-refractivity contribution in [1.82, 2.24) is 0 Å². The van der Waals surface area contributed by atoms with E-state index in [0.29, 0.717) is 12.4 Å². The summed E-state index contributed by atoms with van der Waals surface area (Å²) >= 11 is 1.56. The minimum Gasteiger partial charge on any atom is -0.508 e. The summed E-state index contributed by atoms with van der Waals surface area (Å²) in [5, 5.41) is 19.3. The molecule has 106 valence electrons. The summed E-state index contributed by atoms with van der Waals surface area (Å²) in [6.07, 6.45) is 0. The molecule has 5 heteroatoms. The van der Waals surface area contributed by atoms with Crippen molar-refractivity contribution in [2.45, 2.75) is 6.61 Å². The highest BCUT2D eigenvalue weighted by Crippen LogP contribution is 2.28. The number of aromatic hydroxyl groups is 1. The third-order valence-corrected chi connectivity index (χ3v) is 4.10. The smallest absolute Gasteiger partial charge is 0.335 e. The second kappa shape index (κ2) is 5.46. The maximum atomic E-state index is 10.9. The molecule has 0 unspecified atom stereocenters. The summed E-state index contributed by atoms with van der Waals surface area (Å²) in [7, 11) is 0. The highest BCUT2D eigenvalue weighted by Gasteiger charge is 2.07. The molecule has 0 bridgehead atoms. The number of carbonyl (C=O) groups is 1. The van der Waals surface area contributed by atoms with Gasteiger partial charge in [0.05, 0.1) is 5.56 Å². The van der Waals surface area contributed by atoms with E-state index in [9.17, 15) is 9.90 Å². The summed E-state index contributed by atoms with van der Waals surface area (Å²) in [5.74, 6) is -0.172. The first-order valence-electron chi connectivity index (χ1n) is 6.29. The molecule has 0 atom stereocenters. The molecule has 4 nitrogen and oxygen atoms in total. The average Bonchev–Trinajstić information content (AvgIpc) is 2.87. The van der Waals surface area contributed by atoms with Gasteiger partial charge < -0.3 is 14.9 Å². The van der Waals surface area contributed by atoms with Crippen LogP contribution in [0.5, 0.6) is 11.5 Å². The van der Waals surface area contributed by atoms with Crippen LogP contribution in [0.2, 0.25) is 0 Å². The van der Waals surface area contributed by atoms with Crippen molar-refractivity contribution >= 4 is 27.4 Å². The molecule has 0 fully saturated rings. The Bertz CT molecular complexity index is 807. The van der Waals surface area contributed by atoms with Crippen LogP contribution in [0, 0.1) is 0 Å². The summed E-state index contributed by atoms with van der Waals surface area (Å²) in [4.78, 5) is 11.9. The number of ether oxygens (including phenoxy) is 1. The van der Waals surface area contributed by atoms with E-state index in [1.54, 1.807) is 53.8 Å². The van der Waals surface area contributed by atoms with E-state index in [1.807, 2.05) is 6.07 Å². The quantitative estimate of drug-likeness (QED) is 0.767. The predicted octanol–water partition coefficient (Wildman–Crippen LogP) is 3.88. The van der Waals surface area contributed by atoms with Gasteiger partial charge in [0.15, 0.2) is 0 Å². The van der Waals surface area contributed by atoms with E-state index >= 15 is 0 Å². The standard InChI is InChI=1S/C16H12O4S/c17-12-2-1-3-13(8-12)20-9-14-7-11-6-10(16(18)19)4-5-15(11)21-14/h1-8,17H,9H2,(H,18,19). The minimum atomic E-state index is -0.930. The fourth-order valence-electron chi connectivity index (χ4n) is 2.03. The number of hydrogen-bond donors (Lipinski definition) is 2. The highest BCUT2D eigenvalue weighted by atomic mass is 32.1. The number of phenolic OH excluding ortho intramolecular Hbond substituents is 1. The van der Waals surface area contributed by atoms with Gasteiger partial charge >= 0.3 is 5.97 Å². The topological polar surface area (TPSA) is 66.8 Å². The average molecular weight is 300 g/mol. The van der Waals surface area contributed by atoms with E-state index in [0.717, 1.165) is 15.0 Å². The normalized spacial score (nSPS) is 10.7. The maximum Gasteiger partial charge on any atom is 0.335 e. The molecule has 0 aliphatic rings. The van der Waals surface area contributed by atoms with Gasteiger partial charge in [0.25, 0.3) is 0 Å². The van der Waals surface area contributed by atoms with Gasteiger partial charge in [0, 0.05) is 15.6 Å². The SMILES string of the molecule is O=C(O)c1ccc2sc(COc3cccc(O)c3)cc2c1. The monoisotopic (exact) mass is 300 g/mol. The van der Waals surface area contributed by atoms with Gasteiger partial charge in [-0.1, -0.05) is 6.07 Å². The number of fused-ring (bicyclic) bond motifs is 1. The van der Waals surface area contributed by atoms with E-state index in [1.165, 1.54) is 0 Å². The first-order chi connectivity index (χ1) is 10.1. The molecule has 0 aliphatic heterocycles. The summed E-state index contributed by atoms with van der Waals surface area (Å²) in [6.45, 7) is 0.380. The van der Waals surface area contributed by atoms with Crippen LogP contribution in [0.3, 0.4) is 0 Å². The number of hydrogen-bond acceptors (Lipinski definition) is 4. The Labute approximate surface area is 124 Å². The van der Waals surface area contributed by atoms with Crippen LogP contribution in [0.1, 0.15) is 15.2 Å². The lowest BCUT2D eigenvalue weighted by molar-refractivity contribution is 0.0697. The molecule has 0 saturated heterocycles. The van der Waals surface area contributed by atoms with Crippen LogP contribution < -0.4 is 4.74 Å². The predicted molar refractivity (Wildman–Crippen MR) is 81.2 cm³/mol. The molecule has 1 aromatic heterocycles. The fourth-order valence-corrected chi connectivity index (χ4v) is 2.99. The third-order valence-electron chi connectivity index (χ3n) is 3.01. The van der Waals surface area contributed by atoms with Gasteiger partial charge in [-0.3, -0.25) is 0 Å². The van der Waals surface area contributed by atoms with E-state index in [2.05, 4.69) is 0 Å². The van der Waals surface area contributed by atoms with Crippen molar-refractivity contribution in [1.29, 1.82) is 0 Å². The number of aromatic carboxylic acids is 1. The van der Waals surface area contributed by atoms with Gasteiger partial charge in [-0.05, 0) is 41.8 Å². The Kier molecular flexibility index (Phi) is 3.50. The van der Waals surface area contributed by atoms with Crippen molar-refractivity contribution in [2.24, 2.45) is 0 Å². The Balaban J connectivity index is 1.80. The molecule has 0 aliphatic carbocycles. The molecule has 21 heavy (non-hydrogen) atoms. The summed E-state index contributed by atoms with van der Waals surface area (Å²) in [6, 6.07) is 13.6. The lowest BCUT2D eigenvalue weighted by Crippen LogP contribution is -1.94. The Morgan fingerprint density at radius 3 is 2.76 bits per heavy atom. The van der Waals surface area contributed by atoms with Crippen molar-refractivity contribution in [2.75, 3.05) is 0 Å². The van der Waals surface area contributed by atoms with E-state index in [-0.39, 0.29) is 11.3 Å². The maximum absolute atomic E-state index is 10.9. The summed E-state index contributed by atoms with van der Waals surface area (Å²) < 4.78 is 6.64. The first kappa shape index (κ1) is 13.5. The number of carboxylic acids is 1. The first-order valence-corrected chi connectivity index (χ1v) is 7.11. The molecule has 0 spiro atoms. The largest absolute Gasteiger partial charge is 0.508 e. The third kappa shape index (κ3) is 2.98. The lowest BCUT2D eigenvalue weighted by atomic mass is 10.1. The molecule has 3 rings (SSSR count). The molecular weight excluding hydrogens is 288 g/mol. The highest BCUT2D eigenvalue weighted by molar-refractivity contribution is 7.19. The van der Waals surface area contributed by atoms with Crippen LogP contribution in [0.15, 0.2) is 48.5 Å². The molecule has 2 aromatic carbocycles. The molecule has 0 radical (unpaired) electrons. The number of benzene rings is 2. The van der Waals surface area contributed by atoms with Crippen molar-refractivity contribution in [3.8, 4) is 11.5 Å². The lowest BCUT2D eigenvalue weighted by Gasteiger charge is -2.04. The van der Waals surface area contributed by atoms with Crippen LogP contribution >= 0.6 is 11.3 Å². The number of phenols is 1. The second-order valence-electron chi connectivity index (χ2n) is 4.56. The van der Waals surface area contributed by atoms with Gasteiger partial charge in [-0.25, -0.2) is 4.79 Å². The molecule has 2 N–H and O–H groups in total. The van der Waals surface area contributed by atoms with Crippen LogP contribution in [-0.4, -0.2) is 16.2 Å². The zero-order valence-electron chi connectivity index (χ0n) is 10.9. The van der Waals surface area contributed by atoms with Crippen molar-refractivity contribution in [3.63, 3.8) is 0 Å². The molecular formula is C16H12O4S. The van der Waals surface area contributed by atoms with Gasteiger partial charge in [-0.15, -0.1) is 11.3 Å². The molecule has 0 saturated carbocycles. The van der Waals surface area contributed by atoms with Gasteiger partial charge in [0.2, 0.25) is 0 Å². The molecule has 0 amide bonds. The minimum absolute atomic E-state index is 0.162. The van der Waals surface area contributed by atoms with Crippen LogP contribution in [0.25, 0.3) is 10.1 Å². The fraction of sp³-hybridized carbons (Fsp3) is 0.0625. The number of carboxylic acid groups (broad SMARTS) is 1. The van der Waals surface area contributed by atoms with Crippen molar-refractivity contribution < 1.29 is 19.7 Å². The van der Waals surface area contributed by atoms with Crippen molar-refractivity contribution in [3.05, 3.63) is 59.0 Å². The molecule has 1 heterocycles. The van der Waals surface area contributed by atoms with Crippen LogP contribution in [0.4, 0.5) is 0 Å². The number of rotatable bonds is 4. The van der Waals surface area contributed by atoms with Gasteiger partial charge in [0.1, 0.15) is 18.1 Å². The molecule has 3 aromatic rings. The zero-order chi connectivity index (χ0) is 14.8. The van der Waals surface area contributed by atoms with E-state index in [4.69, 9.17) is 9.84 Å². The van der Waals surface area contributed by atoms with Crippen LogP contribution in [-0.2, 0) is 6.61 Å². The Morgan fingerprint density at radius 1 is 1.14 bits per heavy atom.